The topological polar surface area (TPSA) is 208 Å². The number of hydrogen-bond acceptors (Lipinski definition) is 7. The van der Waals surface area contributed by atoms with Crippen LogP contribution in [-0.2, 0) is 28.8 Å². The van der Waals surface area contributed by atoms with Crippen molar-refractivity contribution in [2.24, 2.45) is 11.7 Å². The molecule has 0 radical (unpaired) electrons. The number of hydrogen-bond donors (Lipinski definition) is 6. The first-order valence-corrected chi connectivity index (χ1v) is 10.7. The van der Waals surface area contributed by atoms with E-state index in [9.17, 15) is 28.8 Å². The number of nitrogens with zero attached hydrogens (tertiary/aromatic N) is 1. The number of nitrogens with one attached hydrogen (secondary N) is 3. The zero-order valence-corrected chi connectivity index (χ0v) is 19.0. The highest BCUT2D eigenvalue weighted by Gasteiger charge is 2.38. The Morgan fingerprint density at radius 2 is 1.64 bits per heavy atom. The van der Waals surface area contributed by atoms with Crippen molar-refractivity contribution in [3.63, 3.8) is 0 Å². The fourth-order valence-corrected chi connectivity index (χ4v) is 3.47. The predicted octanol–water partition coefficient (Wildman–Crippen LogP) is -1.98. The Labute approximate surface area is 191 Å². The summed E-state index contributed by atoms with van der Waals surface area (Å²) in [5.74, 6) is -4.98. The van der Waals surface area contributed by atoms with Crippen molar-refractivity contribution in [3.8, 4) is 0 Å². The van der Waals surface area contributed by atoms with Gasteiger partial charge in [0, 0.05) is 6.54 Å². The second-order valence-corrected chi connectivity index (χ2v) is 8.43. The first kappa shape index (κ1) is 27.8. The van der Waals surface area contributed by atoms with E-state index in [4.69, 9.17) is 15.9 Å². The Hall–Kier alpha value is -3.22. The molecule has 1 aliphatic heterocycles. The standard InChI is InChI=1S/C20H33N5O8/c1-10(2)7-13(18(31)22-9-16(28)29)24-19(32)14-5-4-6-25(14)20(33)11(3)23-17(30)12(21)8-15(26)27/h10-14H,4-9,21H2,1-3H3,(H,22,31)(H,23,30)(H,24,32)(H,26,27)(H,28,29)/t11-,12-,13-,14-/m0/s1. The van der Waals surface area contributed by atoms with Gasteiger partial charge in [0.05, 0.1) is 12.5 Å². The molecule has 1 fully saturated rings. The minimum atomic E-state index is -1.32. The van der Waals surface area contributed by atoms with E-state index in [-0.39, 0.29) is 18.9 Å². The first-order valence-electron chi connectivity index (χ1n) is 10.7. The van der Waals surface area contributed by atoms with Crippen LogP contribution < -0.4 is 21.7 Å². The summed E-state index contributed by atoms with van der Waals surface area (Å²) in [5, 5.41) is 24.7. The van der Waals surface area contributed by atoms with Crippen molar-refractivity contribution in [1.29, 1.82) is 0 Å². The number of carboxylic acid groups (broad SMARTS) is 2. The summed E-state index contributed by atoms with van der Waals surface area (Å²) >= 11 is 0. The van der Waals surface area contributed by atoms with E-state index >= 15 is 0 Å². The smallest absolute Gasteiger partial charge is 0.322 e. The van der Waals surface area contributed by atoms with Gasteiger partial charge in [-0.3, -0.25) is 28.8 Å². The highest BCUT2D eigenvalue weighted by Crippen LogP contribution is 2.19. The molecule has 1 heterocycles. The maximum Gasteiger partial charge on any atom is 0.322 e. The molecule has 4 atom stereocenters. The number of carbonyl (C=O) groups excluding carboxylic acids is 4. The molecule has 0 spiro atoms. The molecule has 33 heavy (non-hydrogen) atoms. The largest absolute Gasteiger partial charge is 0.481 e. The van der Waals surface area contributed by atoms with Crippen molar-refractivity contribution < 1.29 is 39.0 Å². The summed E-state index contributed by atoms with van der Waals surface area (Å²) in [7, 11) is 0. The molecular formula is C20H33N5O8. The Bertz CT molecular complexity index is 772. The summed E-state index contributed by atoms with van der Waals surface area (Å²) in [4.78, 5) is 72.8. The lowest BCUT2D eigenvalue weighted by Crippen LogP contribution is -2.57. The summed E-state index contributed by atoms with van der Waals surface area (Å²) in [6, 6.07) is -4.21. The molecule has 1 aliphatic rings. The lowest BCUT2D eigenvalue weighted by atomic mass is 10.0. The molecule has 0 aromatic carbocycles. The molecule has 1 saturated heterocycles. The van der Waals surface area contributed by atoms with Gasteiger partial charge >= 0.3 is 11.9 Å². The van der Waals surface area contributed by atoms with Crippen molar-refractivity contribution in [3.05, 3.63) is 0 Å². The molecule has 186 valence electrons. The van der Waals surface area contributed by atoms with Crippen molar-refractivity contribution in [2.75, 3.05) is 13.1 Å². The zero-order valence-electron chi connectivity index (χ0n) is 19.0. The quantitative estimate of drug-likeness (QED) is 0.186. The predicted molar refractivity (Wildman–Crippen MR) is 115 cm³/mol. The van der Waals surface area contributed by atoms with Crippen LogP contribution in [0.1, 0.15) is 46.5 Å². The Kier molecular flexibility index (Phi) is 10.7. The lowest BCUT2D eigenvalue weighted by Gasteiger charge is -2.29. The average molecular weight is 472 g/mol. The van der Waals surface area contributed by atoms with E-state index in [1.165, 1.54) is 11.8 Å². The molecule has 13 heteroatoms. The number of likely N-dealkylation sites (tertiary alicyclic amines) is 1. The Morgan fingerprint density at radius 3 is 2.18 bits per heavy atom. The molecular weight excluding hydrogens is 438 g/mol. The Morgan fingerprint density at radius 1 is 1.00 bits per heavy atom. The van der Waals surface area contributed by atoms with Gasteiger partial charge in [0.15, 0.2) is 0 Å². The molecule has 13 nitrogen and oxygen atoms in total. The number of carboxylic acids is 2. The third-order valence-corrected chi connectivity index (χ3v) is 5.05. The third-order valence-electron chi connectivity index (χ3n) is 5.05. The van der Waals surface area contributed by atoms with Gasteiger partial charge < -0.3 is 36.8 Å². The van der Waals surface area contributed by atoms with Crippen LogP contribution in [0.4, 0.5) is 0 Å². The van der Waals surface area contributed by atoms with Gasteiger partial charge in [-0.2, -0.15) is 0 Å². The van der Waals surface area contributed by atoms with Gasteiger partial charge in [0.2, 0.25) is 23.6 Å². The summed E-state index contributed by atoms with van der Waals surface area (Å²) in [6.45, 7) is 4.77. The first-order chi connectivity index (χ1) is 15.3. The molecule has 0 aromatic heterocycles. The summed E-state index contributed by atoms with van der Waals surface area (Å²) in [6.07, 6.45) is 0.555. The normalized spacial score (nSPS) is 18.2. The SMILES string of the molecule is CC(C)C[C@H](NC(=O)[C@@H]1CCCN1C(=O)[C@H](C)NC(=O)[C@@H](N)CC(=O)O)C(=O)NCC(=O)O. The van der Waals surface area contributed by atoms with Crippen LogP contribution in [0.5, 0.6) is 0 Å². The van der Waals surface area contributed by atoms with Crippen LogP contribution in [-0.4, -0.2) is 87.9 Å². The Balaban J connectivity index is 2.81. The van der Waals surface area contributed by atoms with E-state index in [0.29, 0.717) is 12.8 Å². The minimum Gasteiger partial charge on any atom is -0.481 e. The van der Waals surface area contributed by atoms with Gasteiger partial charge in [-0.1, -0.05) is 13.8 Å². The third kappa shape index (κ3) is 9.04. The van der Waals surface area contributed by atoms with E-state index in [2.05, 4.69) is 16.0 Å². The van der Waals surface area contributed by atoms with Crippen molar-refractivity contribution >= 4 is 35.6 Å². The molecule has 0 aromatic rings. The molecule has 0 bridgehead atoms. The van der Waals surface area contributed by atoms with Crippen LogP contribution in [0.15, 0.2) is 0 Å². The van der Waals surface area contributed by atoms with Gasteiger partial charge in [0.1, 0.15) is 24.7 Å². The van der Waals surface area contributed by atoms with Crippen LogP contribution in [0.3, 0.4) is 0 Å². The molecule has 0 aliphatic carbocycles. The van der Waals surface area contributed by atoms with Crippen molar-refractivity contribution in [2.45, 2.75) is 70.6 Å². The number of carbonyl (C=O) groups is 6. The van der Waals surface area contributed by atoms with Gasteiger partial charge in [0.25, 0.3) is 0 Å². The van der Waals surface area contributed by atoms with E-state index in [0.717, 1.165) is 0 Å². The number of aliphatic carboxylic acids is 2. The van der Waals surface area contributed by atoms with Crippen LogP contribution in [0.2, 0.25) is 0 Å². The maximum atomic E-state index is 12.9. The average Bonchev–Trinajstić information content (AvgIpc) is 3.19. The molecule has 0 saturated carbocycles. The monoisotopic (exact) mass is 471 g/mol. The molecule has 0 unspecified atom stereocenters. The number of nitrogens with two attached hydrogens (primary N) is 1. The lowest BCUT2D eigenvalue weighted by molar-refractivity contribution is -0.143. The summed E-state index contributed by atoms with van der Waals surface area (Å²) < 4.78 is 0. The number of rotatable bonds is 12. The fourth-order valence-electron chi connectivity index (χ4n) is 3.47. The van der Waals surface area contributed by atoms with Crippen molar-refractivity contribution in [1.82, 2.24) is 20.9 Å². The van der Waals surface area contributed by atoms with Gasteiger partial charge in [-0.15, -0.1) is 0 Å². The second kappa shape index (κ2) is 12.7. The minimum absolute atomic E-state index is 0.0254. The fraction of sp³-hybridized carbons (Fsp3) is 0.700. The van der Waals surface area contributed by atoms with Crippen LogP contribution >= 0.6 is 0 Å². The zero-order chi connectivity index (χ0) is 25.3. The van der Waals surface area contributed by atoms with Gasteiger partial charge in [-0.25, -0.2) is 0 Å². The van der Waals surface area contributed by atoms with Crippen LogP contribution in [0.25, 0.3) is 0 Å². The molecule has 1 rings (SSSR count). The van der Waals surface area contributed by atoms with Gasteiger partial charge in [-0.05, 0) is 32.1 Å². The van der Waals surface area contributed by atoms with E-state index < -0.39 is 72.7 Å². The molecule has 7 N–H and O–H groups in total. The summed E-state index contributed by atoms with van der Waals surface area (Å²) in [5.41, 5.74) is 5.51. The highest BCUT2D eigenvalue weighted by atomic mass is 16.4. The second-order valence-electron chi connectivity index (χ2n) is 8.43. The van der Waals surface area contributed by atoms with E-state index in [1.807, 2.05) is 13.8 Å². The highest BCUT2D eigenvalue weighted by molar-refractivity contribution is 5.95. The number of amides is 4. The van der Waals surface area contributed by atoms with E-state index in [1.54, 1.807) is 0 Å². The maximum absolute atomic E-state index is 12.9. The van der Waals surface area contributed by atoms with Crippen LogP contribution in [0, 0.1) is 5.92 Å². The molecule has 4 amide bonds.